The van der Waals surface area contributed by atoms with Crippen molar-refractivity contribution in [2.24, 2.45) is 10.7 Å². The van der Waals surface area contributed by atoms with Crippen LogP contribution in [0.4, 0.5) is 13.2 Å². The minimum Gasteiger partial charge on any atom is -0.383 e. The summed E-state index contributed by atoms with van der Waals surface area (Å²) in [5.41, 5.74) is 7.24. The first-order valence-corrected chi connectivity index (χ1v) is 7.08. The van der Waals surface area contributed by atoms with Gasteiger partial charge in [-0.15, -0.1) is 24.0 Å². The lowest BCUT2D eigenvalue weighted by Crippen LogP contribution is -2.40. The van der Waals surface area contributed by atoms with Crippen LogP contribution >= 0.6 is 24.0 Å². The fourth-order valence-corrected chi connectivity index (χ4v) is 1.87. The summed E-state index contributed by atoms with van der Waals surface area (Å²) in [6.07, 6.45) is -4.32. The summed E-state index contributed by atoms with van der Waals surface area (Å²) < 4.78 is 45.7. The SMILES string of the molecule is COCC(C)NC(N)=NCc1cccc(COCC(F)(F)F)c1.I. The zero-order chi connectivity index (χ0) is 17.3. The maximum Gasteiger partial charge on any atom is 0.411 e. The fourth-order valence-electron chi connectivity index (χ4n) is 1.87. The molecule has 0 heterocycles. The van der Waals surface area contributed by atoms with Gasteiger partial charge in [0.2, 0.25) is 0 Å². The molecular weight excluding hydrogens is 438 g/mol. The lowest BCUT2D eigenvalue weighted by atomic mass is 10.1. The van der Waals surface area contributed by atoms with E-state index >= 15 is 0 Å². The molecule has 0 fully saturated rings. The van der Waals surface area contributed by atoms with Crippen molar-refractivity contribution in [3.63, 3.8) is 0 Å². The van der Waals surface area contributed by atoms with Crippen LogP contribution in [0.25, 0.3) is 0 Å². The molecule has 1 unspecified atom stereocenters. The molecule has 1 aromatic rings. The van der Waals surface area contributed by atoms with Gasteiger partial charge in [-0.1, -0.05) is 24.3 Å². The highest BCUT2D eigenvalue weighted by molar-refractivity contribution is 14.0. The standard InChI is InChI=1S/C15H22F3N3O2.HI/c1-11(8-22-2)21-14(19)20-7-12-4-3-5-13(6-12)9-23-10-15(16,17)18;/h3-6,11H,7-10H2,1-2H3,(H3,19,20,21);1H. The highest BCUT2D eigenvalue weighted by Gasteiger charge is 2.27. The molecule has 3 N–H and O–H groups in total. The number of nitrogens with one attached hydrogen (secondary N) is 1. The van der Waals surface area contributed by atoms with Gasteiger partial charge in [-0.05, 0) is 18.1 Å². The lowest BCUT2D eigenvalue weighted by Gasteiger charge is -2.13. The number of ether oxygens (including phenoxy) is 2. The van der Waals surface area contributed by atoms with Crippen LogP contribution in [0.5, 0.6) is 0 Å². The normalized spacial score (nSPS) is 13.3. The number of nitrogens with two attached hydrogens (primary N) is 1. The van der Waals surface area contributed by atoms with Crippen molar-refractivity contribution in [2.45, 2.75) is 32.3 Å². The Hall–Kier alpha value is -1.07. The van der Waals surface area contributed by atoms with Gasteiger partial charge in [0.1, 0.15) is 6.61 Å². The smallest absolute Gasteiger partial charge is 0.383 e. The molecule has 0 saturated carbocycles. The lowest BCUT2D eigenvalue weighted by molar-refractivity contribution is -0.176. The van der Waals surface area contributed by atoms with E-state index < -0.39 is 12.8 Å². The summed E-state index contributed by atoms with van der Waals surface area (Å²) in [5.74, 6) is 0.285. The molecule has 0 aliphatic heterocycles. The molecule has 0 radical (unpaired) electrons. The first-order chi connectivity index (χ1) is 10.8. The quantitative estimate of drug-likeness (QED) is 0.355. The van der Waals surface area contributed by atoms with E-state index in [1.165, 1.54) is 0 Å². The Morgan fingerprint density at radius 2 is 2.00 bits per heavy atom. The molecule has 0 bridgehead atoms. The zero-order valence-electron chi connectivity index (χ0n) is 13.6. The summed E-state index contributed by atoms with van der Waals surface area (Å²) in [4.78, 5) is 4.18. The molecule has 0 aliphatic carbocycles. The van der Waals surface area contributed by atoms with E-state index in [9.17, 15) is 13.2 Å². The maximum absolute atomic E-state index is 12.0. The van der Waals surface area contributed by atoms with Crippen molar-refractivity contribution in [3.05, 3.63) is 35.4 Å². The molecule has 1 aromatic carbocycles. The second-order valence-electron chi connectivity index (χ2n) is 5.13. The fraction of sp³-hybridized carbons (Fsp3) is 0.533. The Morgan fingerprint density at radius 3 is 2.62 bits per heavy atom. The number of halogens is 4. The number of benzene rings is 1. The molecule has 24 heavy (non-hydrogen) atoms. The van der Waals surface area contributed by atoms with Crippen molar-refractivity contribution in [2.75, 3.05) is 20.3 Å². The van der Waals surface area contributed by atoms with E-state index in [-0.39, 0.29) is 42.6 Å². The van der Waals surface area contributed by atoms with Crippen LogP contribution in [-0.4, -0.2) is 38.5 Å². The van der Waals surface area contributed by atoms with E-state index in [2.05, 4.69) is 15.0 Å². The van der Waals surface area contributed by atoms with Gasteiger partial charge in [0.05, 0.1) is 19.8 Å². The minimum atomic E-state index is -4.32. The van der Waals surface area contributed by atoms with Crippen LogP contribution < -0.4 is 11.1 Å². The first kappa shape index (κ1) is 22.9. The summed E-state index contributed by atoms with van der Waals surface area (Å²) in [5, 5.41) is 2.97. The van der Waals surface area contributed by atoms with Crippen molar-refractivity contribution >= 4 is 29.9 Å². The van der Waals surface area contributed by atoms with Crippen LogP contribution in [-0.2, 0) is 22.6 Å². The molecule has 138 valence electrons. The topological polar surface area (TPSA) is 68.9 Å². The van der Waals surface area contributed by atoms with Gasteiger partial charge >= 0.3 is 6.18 Å². The Morgan fingerprint density at radius 1 is 1.33 bits per heavy atom. The molecule has 0 amide bonds. The van der Waals surface area contributed by atoms with Crippen LogP contribution in [0.1, 0.15) is 18.1 Å². The van der Waals surface area contributed by atoms with Gasteiger partial charge in [-0.3, -0.25) is 0 Å². The average Bonchev–Trinajstić information content (AvgIpc) is 2.44. The van der Waals surface area contributed by atoms with Gasteiger partial charge < -0.3 is 20.5 Å². The number of guanidine groups is 1. The average molecular weight is 461 g/mol. The number of hydrogen-bond acceptors (Lipinski definition) is 3. The molecule has 0 aliphatic rings. The Balaban J connectivity index is 0.00000529. The monoisotopic (exact) mass is 461 g/mol. The van der Waals surface area contributed by atoms with Crippen molar-refractivity contribution in [1.29, 1.82) is 0 Å². The van der Waals surface area contributed by atoms with Crippen molar-refractivity contribution < 1.29 is 22.6 Å². The second-order valence-corrected chi connectivity index (χ2v) is 5.13. The van der Waals surface area contributed by atoms with Gasteiger partial charge in [0, 0.05) is 13.2 Å². The minimum absolute atomic E-state index is 0. The van der Waals surface area contributed by atoms with Crippen molar-refractivity contribution in [3.8, 4) is 0 Å². The third-order valence-electron chi connectivity index (χ3n) is 2.77. The third-order valence-corrected chi connectivity index (χ3v) is 2.77. The van der Waals surface area contributed by atoms with Gasteiger partial charge in [0.15, 0.2) is 5.96 Å². The highest BCUT2D eigenvalue weighted by Crippen LogP contribution is 2.16. The van der Waals surface area contributed by atoms with Gasteiger partial charge in [-0.25, -0.2) is 4.99 Å². The molecule has 5 nitrogen and oxygen atoms in total. The molecule has 9 heteroatoms. The summed E-state index contributed by atoms with van der Waals surface area (Å²) in [6.45, 7) is 1.37. The predicted molar refractivity (Wildman–Crippen MR) is 97.4 cm³/mol. The third kappa shape index (κ3) is 10.7. The second kappa shape index (κ2) is 11.5. The summed E-state index contributed by atoms with van der Waals surface area (Å²) in [7, 11) is 1.60. The largest absolute Gasteiger partial charge is 0.411 e. The molecule has 0 saturated heterocycles. The molecule has 0 spiro atoms. The summed E-state index contributed by atoms with van der Waals surface area (Å²) in [6, 6.07) is 7.04. The first-order valence-electron chi connectivity index (χ1n) is 7.08. The number of nitrogens with zero attached hydrogens (tertiary/aromatic N) is 1. The van der Waals surface area contributed by atoms with E-state index in [1.807, 2.05) is 13.0 Å². The molecular formula is C15H23F3IN3O2. The Labute approximate surface area is 156 Å². The number of rotatable bonds is 8. The molecule has 0 aromatic heterocycles. The van der Waals surface area contributed by atoms with E-state index in [1.54, 1.807) is 25.3 Å². The predicted octanol–water partition coefficient (Wildman–Crippen LogP) is 2.82. The van der Waals surface area contributed by atoms with E-state index in [0.29, 0.717) is 18.7 Å². The van der Waals surface area contributed by atoms with E-state index in [0.717, 1.165) is 5.56 Å². The Kier molecular flexibility index (Phi) is 11.0. The molecule has 1 rings (SSSR count). The molecule has 1 atom stereocenters. The number of alkyl halides is 3. The zero-order valence-corrected chi connectivity index (χ0v) is 15.9. The highest BCUT2D eigenvalue weighted by atomic mass is 127. The maximum atomic E-state index is 12.0. The van der Waals surface area contributed by atoms with Crippen molar-refractivity contribution in [1.82, 2.24) is 5.32 Å². The number of aliphatic imine (C=N–C) groups is 1. The summed E-state index contributed by atoms with van der Waals surface area (Å²) >= 11 is 0. The van der Waals surface area contributed by atoms with Gasteiger partial charge in [-0.2, -0.15) is 13.2 Å². The van der Waals surface area contributed by atoms with Gasteiger partial charge in [0.25, 0.3) is 0 Å². The number of methoxy groups -OCH3 is 1. The van der Waals surface area contributed by atoms with Crippen LogP contribution in [0, 0.1) is 0 Å². The Bertz CT molecular complexity index is 513. The van der Waals surface area contributed by atoms with Crippen LogP contribution in [0.15, 0.2) is 29.3 Å². The van der Waals surface area contributed by atoms with Crippen LogP contribution in [0.3, 0.4) is 0 Å². The van der Waals surface area contributed by atoms with E-state index in [4.69, 9.17) is 10.5 Å². The van der Waals surface area contributed by atoms with Crippen LogP contribution in [0.2, 0.25) is 0 Å². The number of hydrogen-bond donors (Lipinski definition) is 2.